The number of aromatic nitrogens is 1. The standard InChI is InChI=1S/C16H16N2O4S/c1-10-11(2)17-22-16(10)18-23(20,21)15-8-4-6-13-12(9-19)5-3-7-14(13)15/h3-8,18-19H,9H2,1-2H3. The van der Waals surface area contributed by atoms with E-state index in [-0.39, 0.29) is 17.4 Å². The molecule has 0 amide bonds. The third kappa shape index (κ3) is 2.69. The monoisotopic (exact) mass is 332 g/mol. The van der Waals surface area contributed by atoms with E-state index in [1.54, 1.807) is 44.2 Å². The van der Waals surface area contributed by atoms with Crippen molar-refractivity contribution in [1.29, 1.82) is 0 Å². The second-order valence-corrected chi connectivity index (χ2v) is 6.90. The van der Waals surface area contributed by atoms with Crippen LogP contribution >= 0.6 is 0 Å². The first-order chi connectivity index (χ1) is 10.9. The van der Waals surface area contributed by atoms with Crippen molar-refractivity contribution in [1.82, 2.24) is 5.16 Å². The average molecular weight is 332 g/mol. The Balaban J connectivity index is 2.14. The van der Waals surface area contributed by atoms with E-state index in [1.165, 1.54) is 6.07 Å². The molecule has 2 aromatic carbocycles. The molecule has 1 aromatic heterocycles. The summed E-state index contributed by atoms with van der Waals surface area (Å²) in [5.41, 5.74) is 1.94. The lowest BCUT2D eigenvalue weighted by Gasteiger charge is -2.10. The number of aliphatic hydroxyl groups is 1. The Morgan fingerprint density at radius 2 is 1.83 bits per heavy atom. The molecule has 0 fully saturated rings. The molecule has 0 radical (unpaired) electrons. The summed E-state index contributed by atoms with van der Waals surface area (Å²) in [5.74, 6) is 0.109. The quantitative estimate of drug-likeness (QED) is 0.766. The third-order valence-electron chi connectivity index (χ3n) is 3.82. The second-order valence-electron chi connectivity index (χ2n) is 5.25. The fourth-order valence-electron chi connectivity index (χ4n) is 2.41. The van der Waals surface area contributed by atoms with Crippen molar-refractivity contribution in [2.75, 3.05) is 4.72 Å². The Labute approximate surface area is 133 Å². The SMILES string of the molecule is Cc1noc(NS(=O)(=O)c2cccc3c(CO)cccc23)c1C. The van der Waals surface area contributed by atoms with Gasteiger partial charge in [0.05, 0.1) is 17.2 Å². The lowest BCUT2D eigenvalue weighted by atomic mass is 10.1. The zero-order valence-electron chi connectivity index (χ0n) is 12.7. The van der Waals surface area contributed by atoms with E-state index >= 15 is 0 Å². The summed E-state index contributed by atoms with van der Waals surface area (Å²) >= 11 is 0. The highest BCUT2D eigenvalue weighted by Crippen LogP contribution is 2.28. The average Bonchev–Trinajstić information content (AvgIpc) is 2.85. The van der Waals surface area contributed by atoms with Gasteiger partial charge in [0.25, 0.3) is 10.0 Å². The van der Waals surface area contributed by atoms with Gasteiger partial charge in [0.2, 0.25) is 5.88 Å². The topological polar surface area (TPSA) is 92.4 Å². The van der Waals surface area contributed by atoms with E-state index < -0.39 is 10.0 Å². The van der Waals surface area contributed by atoms with Crippen LogP contribution in [0.25, 0.3) is 10.8 Å². The minimum absolute atomic E-state index is 0.109. The summed E-state index contributed by atoms with van der Waals surface area (Å²) < 4.78 is 32.9. The second kappa shape index (κ2) is 5.68. The van der Waals surface area contributed by atoms with Gasteiger partial charge in [0.15, 0.2) is 0 Å². The van der Waals surface area contributed by atoms with Crippen molar-refractivity contribution < 1.29 is 18.0 Å². The molecule has 3 aromatic rings. The predicted octanol–water partition coefficient (Wildman–Crippen LogP) is 2.74. The van der Waals surface area contributed by atoms with Crippen LogP contribution in [0.3, 0.4) is 0 Å². The summed E-state index contributed by atoms with van der Waals surface area (Å²) in [7, 11) is -3.84. The van der Waals surface area contributed by atoms with Crippen molar-refractivity contribution in [3.05, 3.63) is 53.2 Å². The zero-order chi connectivity index (χ0) is 16.6. The Hall–Kier alpha value is -2.38. The van der Waals surface area contributed by atoms with E-state index in [2.05, 4.69) is 9.88 Å². The number of nitrogens with one attached hydrogen (secondary N) is 1. The number of aryl methyl sites for hydroxylation is 1. The van der Waals surface area contributed by atoms with Crippen LogP contribution in [0.4, 0.5) is 5.88 Å². The molecule has 0 spiro atoms. The normalized spacial score (nSPS) is 11.8. The van der Waals surface area contributed by atoms with E-state index in [0.29, 0.717) is 27.6 Å². The molecule has 0 bridgehead atoms. The van der Waals surface area contributed by atoms with Crippen LogP contribution in [-0.4, -0.2) is 18.7 Å². The molecule has 1 heterocycles. The first kappa shape index (κ1) is 15.5. The van der Waals surface area contributed by atoms with Crippen LogP contribution in [0.1, 0.15) is 16.8 Å². The van der Waals surface area contributed by atoms with Gasteiger partial charge in [-0.15, -0.1) is 0 Å². The number of aliphatic hydroxyl groups excluding tert-OH is 1. The maximum Gasteiger partial charge on any atom is 0.264 e. The Bertz CT molecular complexity index is 977. The van der Waals surface area contributed by atoms with Crippen LogP contribution in [-0.2, 0) is 16.6 Å². The summed E-state index contributed by atoms with van der Waals surface area (Å²) in [6, 6.07) is 10.1. The Morgan fingerprint density at radius 1 is 1.13 bits per heavy atom. The Morgan fingerprint density at radius 3 is 2.48 bits per heavy atom. The highest BCUT2D eigenvalue weighted by atomic mass is 32.2. The number of rotatable bonds is 4. The number of fused-ring (bicyclic) bond motifs is 1. The molecule has 0 saturated carbocycles. The molecule has 3 rings (SSSR count). The van der Waals surface area contributed by atoms with Gasteiger partial charge in [-0.3, -0.25) is 0 Å². The number of hydrogen-bond acceptors (Lipinski definition) is 5. The highest BCUT2D eigenvalue weighted by molar-refractivity contribution is 7.93. The maximum atomic E-state index is 12.7. The van der Waals surface area contributed by atoms with Gasteiger partial charge in [0.1, 0.15) is 0 Å². The van der Waals surface area contributed by atoms with E-state index in [4.69, 9.17) is 4.52 Å². The molecule has 7 heteroatoms. The Kier molecular flexibility index (Phi) is 3.83. The van der Waals surface area contributed by atoms with Crippen molar-refractivity contribution in [3.63, 3.8) is 0 Å². The molecule has 6 nitrogen and oxygen atoms in total. The fraction of sp³-hybridized carbons (Fsp3) is 0.188. The van der Waals surface area contributed by atoms with Gasteiger partial charge in [-0.25, -0.2) is 13.1 Å². The zero-order valence-corrected chi connectivity index (χ0v) is 13.5. The molecule has 0 aliphatic carbocycles. The van der Waals surface area contributed by atoms with E-state index in [9.17, 15) is 13.5 Å². The van der Waals surface area contributed by atoms with Gasteiger partial charge in [-0.05, 0) is 30.9 Å². The molecule has 0 saturated heterocycles. The van der Waals surface area contributed by atoms with E-state index in [1.807, 2.05) is 0 Å². The van der Waals surface area contributed by atoms with Gasteiger partial charge >= 0.3 is 0 Å². The molecule has 0 atom stereocenters. The molecular formula is C16H16N2O4S. The van der Waals surface area contributed by atoms with Crippen molar-refractivity contribution >= 4 is 26.7 Å². The number of anilines is 1. The first-order valence-corrected chi connectivity index (χ1v) is 8.49. The largest absolute Gasteiger partial charge is 0.392 e. The van der Waals surface area contributed by atoms with Crippen molar-refractivity contribution in [2.45, 2.75) is 25.3 Å². The summed E-state index contributed by atoms with van der Waals surface area (Å²) in [5, 5.41) is 14.4. The van der Waals surface area contributed by atoms with Crippen LogP contribution in [0.15, 0.2) is 45.8 Å². The first-order valence-electron chi connectivity index (χ1n) is 7.01. The molecule has 23 heavy (non-hydrogen) atoms. The number of hydrogen-bond donors (Lipinski definition) is 2. The summed E-state index contributed by atoms with van der Waals surface area (Å²) in [6.45, 7) is 3.31. The molecule has 120 valence electrons. The minimum Gasteiger partial charge on any atom is -0.392 e. The summed E-state index contributed by atoms with van der Waals surface area (Å²) in [6.07, 6.45) is 0. The number of benzene rings is 2. The van der Waals surface area contributed by atoms with Gasteiger partial charge < -0.3 is 9.63 Å². The fourth-order valence-corrected chi connectivity index (χ4v) is 3.68. The maximum absolute atomic E-state index is 12.7. The van der Waals surface area contributed by atoms with Crippen LogP contribution in [0.2, 0.25) is 0 Å². The molecule has 0 aliphatic heterocycles. The van der Waals surface area contributed by atoms with Crippen molar-refractivity contribution in [2.24, 2.45) is 0 Å². The molecular weight excluding hydrogens is 316 g/mol. The van der Waals surface area contributed by atoms with Crippen LogP contribution in [0, 0.1) is 13.8 Å². The van der Waals surface area contributed by atoms with Gasteiger partial charge in [0, 0.05) is 10.9 Å². The molecule has 0 aliphatic rings. The smallest absolute Gasteiger partial charge is 0.264 e. The van der Waals surface area contributed by atoms with Crippen LogP contribution in [0.5, 0.6) is 0 Å². The van der Waals surface area contributed by atoms with Crippen LogP contribution < -0.4 is 4.72 Å². The highest BCUT2D eigenvalue weighted by Gasteiger charge is 2.21. The van der Waals surface area contributed by atoms with Crippen molar-refractivity contribution in [3.8, 4) is 0 Å². The third-order valence-corrected chi connectivity index (χ3v) is 5.21. The van der Waals surface area contributed by atoms with Gasteiger partial charge in [-0.2, -0.15) is 0 Å². The summed E-state index contributed by atoms with van der Waals surface area (Å²) in [4.78, 5) is 0.124. The lowest BCUT2D eigenvalue weighted by molar-refractivity contribution is 0.283. The minimum atomic E-state index is -3.84. The number of nitrogens with zero attached hydrogens (tertiary/aromatic N) is 1. The van der Waals surface area contributed by atoms with E-state index in [0.717, 1.165) is 0 Å². The van der Waals surface area contributed by atoms with Gasteiger partial charge in [-0.1, -0.05) is 35.5 Å². The lowest BCUT2D eigenvalue weighted by Crippen LogP contribution is -2.13. The number of sulfonamides is 1. The molecule has 0 unspecified atom stereocenters. The predicted molar refractivity (Wildman–Crippen MR) is 86.7 cm³/mol. The molecule has 2 N–H and O–H groups in total.